The highest BCUT2D eigenvalue weighted by Gasteiger charge is 2.30. The van der Waals surface area contributed by atoms with E-state index < -0.39 is 0 Å². The van der Waals surface area contributed by atoms with Crippen LogP contribution in [-0.2, 0) is 9.53 Å². The minimum atomic E-state index is -0.125. The number of nitrogens with one attached hydrogen (secondary N) is 1. The van der Waals surface area contributed by atoms with E-state index in [1.54, 1.807) is 11.3 Å². The first-order chi connectivity index (χ1) is 13.6. The third kappa shape index (κ3) is 5.47. The Labute approximate surface area is 172 Å². The number of carbonyl (C=O) groups is 2. The summed E-state index contributed by atoms with van der Waals surface area (Å²) in [6, 6.07) is 4.48. The summed E-state index contributed by atoms with van der Waals surface area (Å²) in [6.07, 6.45) is 3.81. The molecular formula is C21H33N3O3S. The van der Waals surface area contributed by atoms with Crippen molar-refractivity contribution in [3.63, 3.8) is 0 Å². The molecule has 1 N–H and O–H groups in total. The Hall–Kier alpha value is -1.60. The highest BCUT2D eigenvalue weighted by molar-refractivity contribution is 7.10. The maximum atomic E-state index is 12.7. The van der Waals surface area contributed by atoms with Crippen LogP contribution in [0.25, 0.3) is 0 Å². The topological polar surface area (TPSA) is 61.9 Å². The number of rotatable bonds is 6. The van der Waals surface area contributed by atoms with E-state index >= 15 is 0 Å². The second-order valence-electron chi connectivity index (χ2n) is 7.95. The molecule has 0 saturated carbocycles. The van der Waals surface area contributed by atoms with Crippen LogP contribution in [0.15, 0.2) is 17.5 Å². The molecule has 2 aliphatic rings. The number of hydrogen-bond donors (Lipinski definition) is 1. The van der Waals surface area contributed by atoms with Crippen LogP contribution in [0, 0.1) is 11.8 Å². The van der Waals surface area contributed by atoms with Gasteiger partial charge in [0.15, 0.2) is 0 Å². The van der Waals surface area contributed by atoms with E-state index in [1.165, 1.54) is 17.7 Å². The standard InChI is InChI=1S/C21H33N3O3S/c1-3-27-20(25)17-8-12-24(13-9-17)21(26)22-15-18(19-5-4-14-28-19)23-10-6-16(2)7-11-23/h4-5,14,16-18H,3,6-13,15H2,1-2H3,(H,22,26). The number of amides is 2. The average Bonchev–Trinajstić information content (AvgIpc) is 3.24. The van der Waals surface area contributed by atoms with Gasteiger partial charge in [-0.15, -0.1) is 11.3 Å². The van der Waals surface area contributed by atoms with Crippen molar-refractivity contribution < 1.29 is 14.3 Å². The van der Waals surface area contributed by atoms with Gasteiger partial charge in [0.25, 0.3) is 0 Å². The lowest BCUT2D eigenvalue weighted by Crippen LogP contribution is -2.48. The van der Waals surface area contributed by atoms with E-state index in [9.17, 15) is 9.59 Å². The molecule has 1 aromatic heterocycles. The molecule has 2 amide bonds. The van der Waals surface area contributed by atoms with Gasteiger partial charge in [-0.25, -0.2) is 4.79 Å². The number of carbonyl (C=O) groups excluding carboxylic acids is 2. The number of esters is 1. The van der Waals surface area contributed by atoms with Gasteiger partial charge in [-0.1, -0.05) is 13.0 Å². The zero-order valence-electron chi connectivity index (χ0n) is 17.1. The normalized spacial score (nSPS) is 20.7. The Morgan fingerprint density at radius 3 is 2.54 bits per heavy atom. The maximum Gasteiger partial charge on any atom is 0.317 e. The number of urea groups is 1. The quantitative estimate of drug-likeness (QED) is 0.733. The third-order valence-electron chi connectivity index (χ3n) is 5.98. The fraction of sp³-hybridized carbons (Fsp3) is 0.714. The first-order valence-corrected chi connectivity index (χ1v) is 11.4. The zero-order chi connectivity index (χ0) is 19.9. The van der Waals surface area contributed by atoms with E-state index in [-0.39, 0.29) is 24.0 Å². The van der Waals surface area contributed by atoms with Crippen molar-refractivity contribution in [1.29, 1.82) is 0 Å². The van der Waals surface area contributed by atoms with Gasteiger partial charge in [0.05, 0.1) is 18.6 Å². The van der Waals surface area contributed by atoms with Gasteiger partial charge in [0.1, 0.15) is 0 Å². The predicted molar refractivity (Wildman–Crippen MR) is 111 cm³/mol. The molecule has 3 heterocycles. The number of piperidine rings is 2. The minimum Gasteiger partial charge on any atom is -0.466 e. The maximum absolute atomic E-state index is 12.7. The van der Waals surface area contributed by atoms with Crippen molar-refractivity contribution in [2.75, 3.05) is 39.3 Å². The molecule has 0 radical (unpaired) electrons. The largest absolute Gasteiger partial charge is 0.466 e. The summed E-state index contributed by atoms with van der Waals surface area (Å²) < 4.78 is 5.11. The smallest absolute Gasteiger partial charge is 0.317 e. The van der Waals surface area contributed by atoms with Crippen LogP contribution >= 0.6 is 11.3 Å². The Kier molecular flexibility index (Phi) is 7.73. The van der Waals surface area contributed by atoms with Crippen molar-refractivity contribution in [2.45, 2.75) is 45.6 Å². The van der Waals surface area contributed by atoms with Gasteiger partial charge < -0.3 is 15.0 Å². The molecule has 2 aliphatic heterocycles. The van der Waals surface area contributed by atoms with Gasteiger partial charge in [0.2, 0.25) is 0 Å². The van der Waals surface area contributed by atoms with Crippen molar-refractivity contribution in [3.05, 3.63) is 22.4 Å². The average molecular weight is 408 g/mol. The number of thiophene rings is 1. The summed E-state index contributed by atoms with van der Waals surface area (Å²) >= 11 is 1.76. The van der Waals surface area contributed by atoms with Gasteiger partial charge in [0, 0.05) is 24.5 Å². The molecule has 0 aliphatic carbocycles. The first kappa shape index (κ1) is 21.1. The summed E-state index contributed by atoms with van der Waals surface area (Å²) in [5.74, 6) is 0.591. The van der Waals surface area contributed by atoms with Crippen molar-refractivity contribution in [3.8, 4) is 0 Å². The summed E-state index contributed by atoms with van der Waals surface area (Å²) in [5.41, 5.74) is 0. The van der Waals surface area contributed by atoms with Gasteiger partial charge in [-0.3, -0.25) is 9.69 Å². The molecule has 6 nitrogen and oxygen atoms in total. The highest BCUT2D eigenvalue weighted by atomic mass is 32.1. The molecule has 3 rings (SSSR count). The summed E-state index contributed by atoms with van der Waals surface area (Å²) in [4.78, 5) is 30.2. The molecule has 0 bridgehead atoms. The van der Waals surface area contributed by atoms with Crippen molar-refractivity contribution in [1.82, 2.24) is 15.1 Å². The number of likely N-dealkylation sites (tertiary alicyclic amines) is 2. The third-order valence-corrected chi connectivity index (χ3v) is 6.95. The van der Waals surface area contributed by atoms with E-state index in [2.05, 4.69) is 34.7 Å². The monoisotopic (exact) mass is 407 g/mol. The Bertz CT molecular complexity index is 621. The van der Waals surface area contributed by atoms with Crippen LogP contribution < -0.4 is 5.32 Å². The van der Waals surface area contributed by atoms with Crippen LogP contribution in [0.5, 0.6) is 0 Å². The molecule has 28 heavy (non-hydrogen) atoms. The van der Waals surface area contributed by atoms with Gasteiger partial charge in [-0.05, 0) is 63.1 Å². The molecule has 0 spiro atoms. The van der Waals surface area contributed by atoms with E-state index in [0.717, 1.165) is 19.0 Å². The number of hydrogen-bond acceptors (Lipinski definition) is 5. The molecule has 156 valence electrons. The Morgan fingerprint density at radius 1 is 1.21 bits per heavy atom. The molecule has 1 unspecified atom stereocenters. The molecule has 0 aromatic carbocycles. The fourth-order valence-electron chi connectivity index (χ4n) is 4.10. The van der Waals surface area contributed by atoms with Crippen molar-refractivity contribution in [2.24, 2.45) is 11.8 Å². The minimum absolute atomic E-state index is 0.0192. The van der Waals surface area contributed by atoms with Crippen LogP contribution in [0.2, 0.25) is 0 Å². The lowest BCUT2D eigenvalue weighted by molar-refractivity contribution is -0.149. The van der Waals surface area contributed by atoms with Crippen LogP contribution in [0.1, 0.15) is 50.4 Å². The summed E-state index contributed by atoms with van der Waals surface area (Å²) in [7, 11) is 0. The SMILES string of the molecule is CCOC(=O)C1CCN(C(=O)NCC(c2cccs2)N2CCC(C)CC2)CC1. The molecule has 1 atom stereocenters. The highest BCUT2D eigenvalue weighted by Crippen LogP contribution is 2.29. The lowest BCUT2D eigenvalue weighted by Gasteiger charge is -2.37. The molecule has 1 aromatic rings. The molecular weight excluding hydrogens is 374 g/mol. The number of ether oxygens (including phenoxy) is 1. The summed E-state index contributed by atoms with van der Waals surface area (Å²) in [6.45, 7) is 8.59. The van der Waals surface area contributed by atoms with Crippen LogP contribution in [0.4, 0.5) is 4.79 Å². The fourth-order valence-corrected chi connectivity index (χ4v) is 4.97. The molecule has 2 fully saturated rings. The first-order valence-electron chi connectivity index (χ1n) is 10.5. The van der Waals surface area contributed by atoms with E-state index in [1.807, 2.05) is 11.8 Å². The number of nitrogens with zero attached hydrogens (tertiary/aromatic N) is 2. The summed E-state index contributed by atoms with van der Waals surface area (Å²) in [5, 5.41) is 5.26. The van der Waals surface area contributed by atoms with Gasteiger partial charge >= 0.3 is 12.0 Å². The lowest BCUT2D eigenvalue weighted by atomic mass is 9.97. The zero-order valence-corrected chi connectivity index (χ0v) is 17.9. The second kappa shape index (κ2) is 10.3. The van der Waals surface area contributed by atoms with Crippen LogP contribution in [0.3, 0.4) is 0 Å². The van der Waals surface area contributed by atoms with E-state index in [0.29, 0.717) is 39.1 Å². The Balaban J connectivity index is 1.51. The van der Waals surface area contributed by atoms with E-state index in [4.69, 9.17) is 4.74 Å². The molecule has 2 saturated heterocycles. The Morgan fingerprint density at radius 2 is 1.93 bits per heavy atom. The van der Waals surface area contributed by atoms with Gasteiger partial charge in [-0.2, -0.15) is 0 Å². The van der Waals surface area contributed by atoms with Crippen LogP contribution in [-0.4, -0.2) is 61.1 Å². The predicted octanol–water partition coefficient (Wildman–Crippen LogP) is 3.51. The second-order valence-corrected chi connectivity index (χ2v) is 8.93. The van der Waals surface area contributed by atoms with Crippen molar-refractivity contribution >= 4 is 23.3 Å². The molecule has 7 heteroatoms.